The highest BCUT2D eigenvalue weighted by Gasteiger charge is 2.20. The quantitative estimate of drug-likeness (QED) is 0.216. The third-order valence-corrected chi connectivity index (χ3v) is 5.80. The predicted molar refractivity (Wildman–Crippen MR) is 153 cm³/mol. The summed E-state index contributed by atoms with van der Waals surface area (Å²) in [6.45, 7) is 2.78. The first-order chi connectivity index (χ1) is 19.3. The van der Waals surface area contributed by atoms with Crippen molar-refractivity contribution in [2.24, 2.45) is 0 Å². The first kappa shape index (κ1) is 29.6. The maximum absolute atomic E-state index is 12.5. The Hall–Kier alpha value is -5.00. The molecule has 0 spiro atoms. The van der Waals surface area contributed by atoms with Crippen LogP contribution in [0.25, 0.3) is 5.82 Å². The highest BCUT2D eigenvalue weighted by atomic mass is 16.2. The van der Waals surface area contributed by atoms with Crippen LogP contribution in [-0.4, -0.2) is 81.6 Å². The summed E-state index contributed by atoms with van der Waals surface area (Å²) in [5, 5.41) is 19.2. The normalized spacial score (nSPS) is 11.4. The molecule has 3 rings (SSSR count). The summed E-state index contributed by atoms with van der Waals surface area (Å²) in [6, 6.07) is 10.3. The molecule has 2 heterocycles. The molecule has 0 saturated heterocycles. The van der Waals surface area contributed by atoms with Crippen molar-refractivity contribution >= 4 is 23.5 Å². The van der Waals surface area contributed by atoms with Gasteiger partial charge < -0.3 is 20.4 Å². The summed E-state index contributed by atoms with van der Waals surface area (Å²) in [5.41, 5.74) is 1.92. The molecule has 2 N–H and O–H groups in total. The fourth-order valence-electron chi connectivity index (χ4n) is 3.39. The second kappa shape index (κ2) is 14.8. The Morgan fingerprint density at radius 3 is 2.65 bits per heavy atom. The lowest BCUT2D eigenvalue weighted by atomic mass is 10.2. The van der Waals surface area contributed by atoms with Crippen LogP contribution in [0.3, 0.4) is 0 Å². The largest absolute Gasteiger partial charge is 0.354 e. The molecule has 206 valence electrons. The van der Waals surface area contributed by atoms with Crippen molar-refractivity contribution in [3.8, 4) is 23.7 Å². The van der Waals surface area contributed by atoms with E-state index in [0.29, 0.717) is 48.8 Å². The van der Waals surface area contributed by atoms with E-state index in [9.17, 15) is 9.59 Å². The van der Waals surface area contributed by atoms with Crippen LogP contribution in [0.5, 0.6) is 0 Å². The summed E-state index contributed by atoms with van der Waals surface area (Å²) in [7, 11) is 5.45. The number of nitrogens with one attached hydrogen (secondary N) is 2. The minimum atomic E-state index is -0.590. The van der Waals surface area contributed by atoms with Crippen molar-refractivity contribution in [3.05, 3.63) is 72.2 Å². The molecule has 0 saturated carbocycles. The van der Waals surface area contributed by atoms with Gasteiger partial charge in [0.15, 0.2) is 5.82 Å². The number of benzene rings is 1. The van der Waals surface area contributed by atoms with Gasteiger partial charge in [0, 0.05) is 50.7 Å². The molecule has 2 amide bonds. The number of carbonyl (C=O) groups excluding carboxylic acids is 2. The number of likely N-dealkylation sites (N-methyl/N-ethyl adjacent to an activating group) is 2. The second-order valence-electron chi connectivity index (χ2n) is 9.18. The SMILES string of the molecule is CC(C(=O)NCCCC#Cc1cnc(Nc2ccc(C#N)cc2)nc1-n1cccn1)N(C)C(=O)/C=C/CN(C)C. The van der Waals surface area contributed by atoms with E-state index in [1.807, 2.05) is 19.0 Å². The molecule has 0 bridgehead atoms. The van der Waals surface area contributed by atoms with Crippen molar-refractivity contribution in [2.45, 2.75) is 25.8 Å². The zero-order chi connectivity index (χ0) is 28.9. The van der Waals surface area contributed by atoms with Gasteiger partial charge in [-0.25, -0.2) is 9.67 Å². The molecule has 1 unspecified atom stereocenters. The predicted octanol–water partition coefficient (Wildman–Crippen LogP) is 2.49. The Morgan fingerprint density at radius 2 is 1.98 bits per heavy atom. The maximum Gasteiger partial charge on any atom is 0.246 e. The molecule has 11 heteroatoms. The van der Waals surface area contributed by atoms with E-state index in [-0.39, 0.29) is 11.8 Å². The van der Waals surface area contributed by atoms with Gasteiger partial charge in [0.05, 0.1) is 23.4 Å². The van der Waals surface area contributed by atoms with Crippen LogP contribution in [-0.2, 0) is 9.59 Å². The van der Waals surface area contributed by atoms with Gasteiger partial charge in [0.1, 0.15) is 6.04 Å². The average molecular weight is 540 g/mol. The first-order valence-corrected chi connectivity index (χ1v) is 12.8. The lowest BCUT2D eigenvalue weighted by Crippen LogP contribution is -2.45. The van der Waals surface area contributed by atoms with Gasteiger partial charge in [-0.2, -0.15) is 15.3 Å². The average Bonchev–Trinajstić information content (AvgIpc) is 3.49. The van der Waals surface area contributed by atoms with Crippen molar-refractivity contribution in [1.29, 1.82) is 5.26 Å². The Bertz CT molecular complexity index is 1410. The van der Waals surface area contributed by atoms with Gasteiger partial charge in [0.2, 0.25) is 17.8 Å². The number of carbonyl (C=O) groups is 2. The van der Waals surface area contributed by atoms with Gasteiger partial charge in [-0.3, -0.25) is 9.59 Å². The van der Waals surface area contributed by atoms with Crippen molar-refractivity contribution < 1.29 is 9.59 Å². The molecule has 0 fully saturated rings. The Labute approximate surface area is 234 Å². The fourth-order valence-corrected chi connectivity index (χ4v) is 3.39. The molecule has 1 atom stereocenters. The van der Waals surface area contributed by atoms with Gasteiger partial charge in [-0.1, -0.05) is 17.9 Å². The second-order valence-corrected chi connectivity index (χ2v) is 9.18. The van der Waals surface area contributed by atoms with E-state index in [4.69, 9.17) is 5.26 Å². The molecule has 0 aliphatic rings. The zero-order valence-electron chi connectivity index (χ0n) is 23.1. The number of anilines is 2. The van der Waals surface area contributed by atoms with Crippen molar-refractivity contribution in [1.82, 2.24) is 34.9 Å². The highest BCUT2D eigenvalue weighted by molar-refractivity contribution is 5.92. The molecule has 0 aliphatic heterocycles. The number of hydrogen-bond acceptors (Lipinski definition) is 8. The van der Waals surface area contributed by atoms with Crippen LogP contribution in [0.15, 0.2) is 61.1 Å². The lowest BCUT2D eigenvalue weighted by molar-refractivity contribution is -0.135. The minimum Gasteiger partial charge on any atom is -0.354 e. The number of hydrogen-bond donors (Lipinski definition) is 2. The van der Waals surface area contributed by atoms with Crippen LogP contribution in [0.1, 0.15) is 30.9 Å². The van der Waals surface area contributed by atoms with Gasteiger partial charge in [-0.15, -0.1) is 0 Å². The first-order valence-electron chi connectivity index (χ1n) is 12.8. The molecule has 11 nitrogen and oxygen atoms in total. The van der Waals surface area contributed by atoms with E-state index >= 15 is 0 Å². The summed E-state index contributed by atoms with van der Waals surface area (Å²) in [4.78, 5) is 37.1. The van der Waals surface area contributed by atoms with Gasteiger partial charge in [0.25, 0.3) is 0 Å². The number of amides is 2. The molecular weight excluding hydrogens is 506 g/mol. The van der Waals surface area contributed by atoms with Crippen molar-refractivity contribution in [2.75, 3.05) is 39.5 Å². The topological polar surface area (TPSA) is 132 Å². The van der Waals surface area contributed by atoms with Crippen LogP contribution in [0.4, 0.5) is 11.6 Å². The van der Waals surface area contributed by atoms with E-state index < -0.39 is 6.04 Å². The Morgan fingerprint density at radius 1 is 1.20 bits per heavy atom. The number of rotatable bonds is 11. The lowest BCUT2D eigenvalue weighted by Gasteiger charge is -2.23. The third-order valence-electron chi connectivity index (χ3n) is 5.80. The molecule has 0 aliphatic carbocycles. The maximum atomic E-state index is 12.5. The van der Waals surface area contributed by atoms with Crippen molar-refractivity contribution in [3.63, 3.8) is 0 Å². The number of nitrogens with zero attached hydrogens (tertiary/aromatic N) is 7. The highest BCUT2D eigenvalue weighted by Crippen LogP contribution is 2.17. The van der Waals surface area contributed by atoms with E-state index in [1.165, 1.54) is 11.0 Å². The van der Waals surface area contributed by atoms with Crippen LogP contribution in [0, 0.1) is 23.2 Å². The standard InChI is InChI=1S/C29H33N9O2/c1-22(37(4)26(39)11-8-18-36(2)3)28(40)31-16-7-5-6-10-24-21-32-29(35-27(24)38-19-9-17-33-38)34-25-14-12-23(20-30)13-15-25/h8-9,11-15,17,19,21-22H,5,7,16,18H2,1-4H3,(H,31,40)(H,32,34,35)/b11-8+. The summed E-state index contributed by atoms with van der Waals surface area (Å²) >= 11 is 0. The summed E-state index contributed by atoms with van der Waals surface area (Å²) < 4.78 is 1.62. The fraction of sp³-hybridized carbons (Fsp3) is 0.310. The zero-order valence-corrected chi connectivity index (χ0v) is 23.1. The minimum absolute atomic E-state index is 0.218. The Balaban J connectivity index is 1.55. The van der Waals surface area contributed by atoms with E-state index in [0.717, 1.165) is 5.69 Å². The van der Waals surface area contributed by atoms with E-state index in [1.54, 1.807) is 73.7 Å². The smallest absolute Gasteiger partial charge is 0.246 e. The molecule has 0 radical (unpaired) electrons. The molecular formula is C29H33N9O2. The van der Waals surface area contributed by atoms with Crippen LogP contribution in [0.2, 0.25) is 0 Å². The molecule has 3 aromatic rings. The molecule has 2 aromatic heterocycles. The van der Waals surface area contributed by atoms with Gasteiger partial charge in [-0.05, 0) is 57.8 Å². The molecule has 40 heavy (non-hydrogen) atoms. The van der Waals surface area contributed by atoms with Crippen LogP contribution < -0.4 is 10.6 Å². The summed E-state index contributed by atoms with van der Waals surface area (Å²) in [5.74, 6) is 6.67. The number of nitriles is 1. The van der Waals surface area contributed by atoms with E-state index in [2.05, 4.69) is 43.6 Å². The monoisotopic (exact) mass is 539 g/mol. The third kappa shape index (κ3) is 8.79. The Kier molecular flexibility index (Phi) is 10.9. The van der Waals surface area contributed by atoms with Gasteiger partial charge >= 0.3 is 0 Å². The number of aromatic nitrogens is 4. The summed E-state index contributed by atoms with van der Waals surface area (Å²) in [6.07, 6.45) is 9.49. The van der Waals surface area contributed by atoms with Crippen LogP contribution >= 0.6 is 0 Å². The number of unbranched alkanes of at least 4 members (excludes halogenated alkanes) is 1. The molecule has 1 aromatic carbocycles.